The third-order valence-corrected chi connectivity index (χ3v) is 3.68. The molecule has 4 heterocycles. The van der Waals surface area contributed by atoms with Crippen molar-refractivity contribution in [3.63, 3.8) is 0 Å². The number of rotatable bonds is 0. The van der Waals surface area contributed by atoms with Crippen molar-refractivity contribution < 1.29 is 14.9 Å². The number of aromatic nitrogens is 4. The van der Waals surface area contributed by atoms with Crippen LogP contribution in [-0.4, -0.2) is 47.6 Å². The first-order valence-corrected chi connectivity index (χ1v) is 5.79. The molecule has 19 heavy (non-hydrogen) atoms. The molecule has 2 aromatic rings. The predicted molar refractivity (Wildman–Crippen MR) is 60.5 cm³/mol. The number of nitrogens with zero attached hydrogens (tertiary/aromatic N) is 3. The maximum atomic E-state index is 11.9. The van der Waals surface area contributed by atoms with E-state index < -0.39 is 35.8 Å². The second-order valence-electron chi connectivity index (χ2n) is 4.74. The minimum atomic E-state index is -1.12. The zero-order valence-corrected chi connectivity index (χ0v) is 9.55. The number of H-pyrrole nitrogens is 1. The van der Waals surface area contributed by atoms with E-state index in [0.29, 0.717) is 5.65 Å². The zero-order valence-electron chi connectivity index (χ0n) is 9.55. The molecule has 1 saturated heterocycles. The van der Waals surface area contributed by atoms with Crippen LogP contribution in [0.3, 0.4) is 0 Å². The summed E-state index contributed by atoms with van der Waals surface area (Å²) in [5.74, 6) is 0. The third kappa shape index (κ3) is 1.21. The number of nitrogens with one attached hydrogen (secondary N) is 1. The molecule has 4 rings (SSSR count). The lowest BCUT2D eigenvalue weighted by Gasteiger charge is -2.19. The smallest absolute Gasteiger partial charge is 0.330 e. The van der Waals surface area contributed by atoms with Gasteiger partial charge in [-0.2, -0.15) is 0 Å². The molecule has 9 heteroatoms. The Bertz CT molecular complexity index is 789. The lowest BCUT2D eigenvalue weighted by atomic mass is 10.1. The molecule has 2 aromatic heterocycles. The van der Waals surface area contributed by atoms with Gasteiger partial charge in [0.15, 0.2) is 17.4 Å². The largest absolute Gasteiger partial charge is 0.387 e. The van der Waals surface area contributed by atoms with Crippen molar-refractivity contribution in [3.8, 4) is 0 Å². The molecule has 1 fully saturated rings. The third-order valence-electron chi connectivity index (χ3n) is 3.68. The fourth-order valence-electron chi connectivity index (χ4n) is 2.75. The van der Waals surface area contributed by atoms with Gasteiger partial charge in [-0.1, -0.05) is 0 Å². The number of aromatic amines is 1. The summed E-state index contributed by atoms with van der Waals surface area (Å²) in [6.07, 6.45) is -2.43. The lowest BCUT2D eigenvalue weighted by Crippen LogP contribution is -2.40. The fraction of sp³-hybridized carbons (Fsp3) is 0.500. The summed E-state index contributed by atoms with van der Waals surface area (Å²) in [6.45, 7) is 0.0481. The van der Waals surface area contributed by atoms with Crippen LogP contribution in [0.15, 0.2) is 15.9 Å². The summed E-state index contributed by atoms with van der Waals surface area (Å²) >= 11 is 0. The zero-order chi connectivity index (χ0) is 13.3. The molecule has 2 aliphatic heterocycles. The second kappa shape index (κ2) is 3.32. The van der Waals surface area contributed by atoms with Crippen molar-refractivity contribution in [1.29, 1.82) is 0 Å². The molecule has 2 bridgehead atoms. The number of imidazole rings is 1. The normalized spacial score (nSPS) is 32.7. The highest BCUT2D eigenvalue weighted by atomic mass is 16.6. The molecule has 0 amide bonds. The van der Waals surface area contributed by atoms with Gasteiger partial charge in [0.05, 0.1) is 12.9 Å². The Hall–Kier alpha value is -1.97. The van der Waals surface area contributed by atoms with Crippen LogP contribution in [0.5, 0.6) is 0 Å². The van der Waals surface area contributed by atoms with Gasteiger partial charge in [0.2, 0.25) is 0 Å². The van der Waals surface area contributed by atoms with Crippen LogP contribution in [0.4, 0.5) is 0 Å². The molecular weight excluding hydrogens is 256 g/mol. The summed E-state index contributed by atoms with van der Waals surface area (Å²) in [6, 6.07) is 0. The van der Waals surface area contributed by atoms with Crippen LogP contribution in [0.25, 0.3) is 11.2 Å². The Morgan fingerprint density at radius 1 is 1.37 bits per heavy atom. The first-order chi connectivity index (χ1) is 9.08. The second-order valence-corrected chi connectivity index (χ2v) is 4.74. The SMILES string of the molecule is O=c1[nH]c(=O)n2c3c1ncn3[C@H]1O[C@@H](C2)C(O)C1O. The number of hydrogen-bond donors (Lipinski definition) is 3. The molecule has 2 unspecified atom stereocenters. The van der Waals surface area contributed by atoms with Crippen LogP contribution in [-0.2, 0) is 11.3 Å². The van der Waals surface area contributed by atoms with E-state index in [1.165, 1.54) is 15.5 Å². The first kappa shape index (κ1) is 10.9. The summed E-state index contributed by atoms with van der Waals surface area (Å²) in [7, 11) is 0. The number of aliphatic hydroxyl groups is 2. The van der Waals surface area contributed by atoms with Crippen LogP contribution >= 0.6 is 0 Å². The molecule has 9 nitrogen and oxygen atoms in total. The molecule has 0 aliphatic carbocycles. The maximum absolute atomic E-state index is 11.9. The summed E-state index contributed by atoms with van der Waals surface area (Å²) < 4.78 is 8.22. The van der Waals surface area contributed by atoms with Crippen molar-refractivity contribution in [1.82, 2.24) is 19.1 Å². The Morgan fingerprint density at radius 2 is 2.16 bits per heavy atom. The van der Waals surface area contributed by atoms with Gasteiger partial charge in [0.25, 0.3) is 5.56 Å². The van der Waals surface area contributed by atoms with Gasteiger partial charge < -0.3 is 14.9 Å². The number of ether oxygens (including phenoxy) is 1. The van der Waals surface area contributed by atoms with E-state index in [-0.39, 0.29) is 12.1 Å². The molecule has 0 radical (unpaired) electrons. The van der Waals surface area contributed by atoms with E-state index in [2.05, 4.69) is 9.97 Å². The molecule has 100 valence electrons. The Morgan fingerprint density at radius 3 is 2.95 bits per heavy atom. The van der Waals surface area contributed by atoms with Crippen molar-refractivity contribution in [2.75, 3.05) is 0 Å². The van der Waals surface area contributed by atoms with Gasteiger partial charge >= 0.3 is 5.69 Å². The van der Waals surface area contributed by atoms with E-state index in [9.17, 15) is 19.8 Å². The fourth-order valence-corrected chi connectivity index (χ4v) is 2.75. The van der Waals surface area contributed by atoms with Gasteiger partial charge in [-0.15, -0.1) is 0 Å². The molecule has 0 saturated carbocycles. The molecule has 3 N–H and O–H groups in total. The monoisotopic (exact) mass is 266 g/mol. The van der Waals surface area contributed by atoms with E-state index in [1.807, 2.05) is 0 Å². The average molecular weight is 266 g/mol. The molecule has 0 spiro atoms. The lowest BCUT2D eigenvalue weighted by molar-refractivity contribution is -0.0331. The van der Waals surface area contributed by atoms with Gasteiger partial charge in [-0.05, 0) is 0 Å². The van der Waals surface area contributed by atoms with Gasteiger partial charge in [0, 0.05) is 0 Å². The predicted octanol–water partition coefficient (Wildman–Crippen LogP) is -2.48. The van der Waals surface area contributed by atoms with Crippen LogP contribution in [0.1, 0.15) is 6.23 Å². The van der Waals surface area contributed by atoms with Crippen molar-refractivity contribution >= 4 is 11.2 Å². The number of fused-ring (bicyclic) bond motifs is 3. The first-order valence-electron chi connectivity index (χ1n) is 5.79. The average Bonchev–Trinajstić information content (AvgIpc) is 2.85. The van der Waals surface area contributed by atoms with Crippen LogP contribution in [0, 0.1) is 0 Å². The maximum Gasteiger partial charge on any atom is 0.330 e. The van der Waals surface area contributed by atoms with E-state index in [4.69, 9.17) is 4.74 Å². The van der Waals surface area contributed by atoms with Crippen LogP contribution in [0.2, 0.25) is 0 Å². The quantitative estimate of drug-likeness (QED) is 0.485. The Labute approximate surface area is 104 Å². The highest BCUT2D eigenvalue weighted by molar-refractivity contribution is 5.70. The summed E-state index contributed by atoms with van der Waals surface area (Å²) in [5, 5.41) is 19.8. The van der Waals surface area contributed by atoms with Crippen molar-refractivity contribution in [2.45, 2.75) is 31.1 Å². The van der Waals surface area contributed by atoms with Crippen LogP contribution < -0.4 is 11.2 Å². The topological polar surface area (TPSA) is 122 Å². The van der Waals surface area contributed by atoms with Crippen molar-refractivity contribution in [3.05, 3.63) is 27.2 Å². The summed E-state index contributed by atoms with van der Waals surface area (Å²) in [4.78, 5) is 29.6. The van der Waals surface area contributed by atoms with Crippen molar-refractivity contribution in [2.24, 2.45) is 0 Å². The Balaban J connectivity index is 2.13. The van der Waals surface area contributed by atoms with E-state index in [0.717, 1.165) is 0 Å². The van der Waals surface area contributed by atoms with Gasteiger partial charge in [-0.25, -0.2) is 9.78 Å². The minimum Gasteiger partial charge on any atom is -0.387 e. The van der Waals surface area contributed by atoms with E-state index in [1.54, 1.807) is 0 Å². The molecule has 2 aliphatic rings. The van der Waals surface area contributed by atoms with Gasteiger partial charge in [0.1, 0.15) is 18.3 Å². The molecule has 0 aromatic carbocycles. The standard InChI is InChI=1S/C10H10N4O5/c15-5-3-1-13-8-4(7(17)12-10(13)18)11-2-14(8)9(19-3)6(5)16/h2-3,5-6,9,15-16H,1H2,(H,12,17,18)/t3-,5?,6?,9-/m0/s1. The van der Waals surface area contributed by atoms with Gasteiger partial charge in [-0.3, -0.25) is 18.9 Å². The highest BCUT2D eigenvalue weighted by Crippen LogP contribution is 2.34. The minimum absolute atomic E-state index is 0.0481. The number of aliphatic hydroxyl groups excluding tert-OH is 2. The Kier molecular flexibility index (Phi) is 1.91. The molecule has 4 atom stereocenters. The highest BCUT2D eigenvalue weighted by Gasteiger charge is 2.46. The summed E-state index contributed by atoms with van der Waals surface area (Å²) in [5.41, 5.74) is -0.760. The molecular formula is C10H10N4O5. The van der Waals surface area contributed by atoms with E-state index >= 15 is 0 Å². The number of hydrogen-bond acceptors (Lipinski definition) is 6.